The van der Waals surface area contributed by atoms with E-state index in [1.807, 2.05) is 51.1 Å². The standard InChI is InChI=1S/C19H33N5O3S/c1-5-20-19(23(4)16-18(25)24(6-2)7-3)21-13-14-28(26,27)22-15-17-11-9-8-10-12-17/h8-12,22H,5-7,13-16H2,1-4H3,(H,20,21). The number of carbonyl (C=O) groups excluding carboxylic acids is 1. The number of amides is 1. The molecule has 0 saturated heterocycles. The first-order valence-electron chi connectivity index (χ1n) is 9.61. The molecule has 0 spiro atoms. The quantitative estimate of drug-likeness (QED) is 0.416. The number of sulfonamides is 1. The number of nitrogens with one attached hydrogen (secondary N) is 2. The molecule has 0 aliphatic heterocycles. The Labute approximate surface area is 169 Å². The molecule has 0 heterocycles. The van der Waals surface area contributed by atoms with Crippen LogP contribution in [0, 0.1) is 0 Å². The van der Waals surface area contributed by atoms with E-state index in [0.29, 0.717) is 25.6 Å². The molecule has 1 aromatic carbocycles. The smallest absolute Gasteiger partial charge is 0.242 e. The molecular weight excluding hydrogens is 378 g/mol. The Morgan fingerprint density at radius 2 is 1.75 bits per heavy atom. The van der Waals surface area contributed by atoms with Gasteiger partial charge in [0, 0.05) is 33.2 Å². The van der Waals surface area contributed by atoms with Crippen molar-refractivity contribution in [2.45, 2.75) is 27.3 Å². The predicted molar refractivity (Wildman–Crippen MR) is 114 cm³/mol. The molecule has 8 nitrogen and oxygen atoms in total. The van der Waals surface area contributed by atoms with Gasteiger partial charge < -0.3 is 15.1 Å². The zero-order valence-electron chi connectivity index (χ0n) is 17.3. The van der Waals surface area contributed by atoms with Gasteiger partial charge in [0.05, 0.1) is 18.8 Å². The molecule has 0 aliphatic rings. The summed E-state index contributed by atoms with van der Waals surface area (Å²) in [6, 6.07) is 9.35. The SMILES string of the molecule is CCNC(=NCCS(=O)(=O)NCc1ccccc1)N(C)CC(=O)N(CC)CC. The van der Waals surface area contributed by atoms with Gasteiger partial charge in [0.2, 0.25) is 15.9 Å². The Balaban J connectivity index is 2.61. The van der Waals surface area contributed by atoms with Gasteiger partial charge in [-0.3, -0.25) is 9.79 Å². The summed E-state index contributed by atoms with van der Waals surface area (Å²) < 4.78 is 26.9. The zero-order chi connectivity index (χ0) is 21.0. The molecule has 0 saturated carbocycles. The lowest BCUT2D eigenvalue weighted by Gasteiger charge is -2.25. The lowest BCUT2D eigenvalue weighted by atomic mass is 10.2. The first kappa shape index (κ1) is 23.9. The van der Waals surface area contributed by atoms with Gasteiger partial charge in [-0.15, -0.1) is 0 Å². The molecule has 0 aromatic heterocycles. The minimum atomic E-state index is -3.44. The molecule has 0 atom stereocenters. The Kier molecular flexibility index (Phi) is 10.5. The van der Waals surface area contributed by atoms with E-state index in [1.54, 1.807) is 16.8 Å². The first-order chi connectivity index (χ1) is 13.3. The van der Waals surface area contributed by atoms with Crippen molar-refractivity contribution in [3.63, 3.8) is 0 Å². The summed E-state index contributed by atoms with van der Waals surface area (Å²) in [5, 5.41) is 3.10. The van der Waals surface area contributed by atoms with Crippen molar-refractivity contribution in [3.8, 4) is 0 Å². The van der Waals surface area contributed by atoms with Crippen LogP contribution in [0.4, 0.5) is 0 Å². The largest absolute Gasteiger partial charge is 0.357 e. The summed E-state index contributed by atoms with van der Waals surface area (Å²) in [6.45, 7) is 8.29. The maximum Gasteiger partial charge on any atom is 0.242 e. The van der Waals surface area contributed by atoms with E-state index >= 15 is 0 Å². The lowest BCUT2D eigenvalue weighted by molar-refractivity contribution is -0.131. The molecule has 2 N–H and O–H groups in total. The summed E-state index contributed by atoms with van der Waals surface area (Å²) in [7, 11) is -1.67. The van der Waals surface area contributed by atoms with Crippen LogP contribution in [0.3, 0.4) is 0 Å². The highest BCUT2D eigenvalue weighted by molar-refractivity contribution is 7.89. The molecule has 0 aliphatic carbocycles. The Bertz CT molecular complexity index is 718. The minimum Gasteiger partial charge on any atom is -0.357 e. The van der Waals surface area contributed by atoms with Crippen LogP contribution < -0.4 is 10.0 Å². The van der Waals surface area contributed by atoms with Gasteiger partial charge in [-0.25, -0.2) is 13.1 Å². The first-order valence-corrected chi connectivity index (χ1v) is 11.3. The number of benzene rings is 1. The normalized spacial score (nSPS) is 11.9. The number of likely N-dealkylation sites (N-methyl/N-ethyl adjacent to an activating group) is 2. The number of aliphatic imine (C=N–C) groups is 1. The highest BCUT2D eigenvalue weighted by atomic mass is 32.2. The van der Waals surface area contributed by atoms with Crippen LogP contribution in [-0.4, -0.2) is 75.6 Å². The number of carbonyl (C=O) groups is 1. The molecule has 1 aromatic rings. The fourth-order valence-electron chi connectivity index (χ4n) is 2.56. The summed E-state index contributed by atoms with van der Waals surface area (Å²) in [5.74, 6) is 0.406. The van der Waals surface area contributed by atoms with Gasteiger partial charge in [0.15, 0.2) is 5.96 Å². The number of nitrogens with zero attached hydrogens (tertiary/aromatic N) is 3. The van der Waals surface area contributed by atoms with E-state index in [2.05, 4.69) is 15.0 Å². The third-order valence-electron chi connectivity index (χ3n) is 4.15. The molecule has 28 heavy (non-hydrogen) atoms. The molecule has 0 unspecified atom stereocenters. The van der Waals surface area contributed by atoms with Gasteiger partial charge in [0.1, 0.15) is 0 Å². The number of rotatable bonds is 11. The monoisotopic (exact) mass is 411 g/mol. The number of hydrogen-bond acceptors (Lipinski definition) is 4. The van der Waals surface area contributed by atoms with Gasteiger partial charge in [0.25, 0.3) is 0 Å². The average Bonchev–Trinajstić information content (AvgIpc) is 2.67. The molecule has 0 fully saturated rings. The van der Waals surface area contributed by atoms with E-state index in [-0.39, 0.29) is 31.3 Å². The van der Waals surface area contributed by atoms with Crippen molar-refractivity contribution in [2.75, 3.05) is 45.5 Å². The Morgan fingerprint density at radius 3 is 2.32 bits per heavy atom. The minimum absolute atomic E-state index is 0.00949. The highest BCUT2D eigenvalue weighted by Crippen LogP contribution is 1.99. The Hall–Kier alpha value is -2.13. The summed E-state index contributed by atoms with van der Waals surface area (Å²) in [4.78, 5) is 20.1. The van der Waals surface area contributed by atoms with Gasteiger partial charge in [-0.1, -0.05) is 30.3 Å². The summed E-state index contributed by atoms with van der Waals surface area (Å²) in [6.07, 6.45) is 0. The van der Waals surface area contributed by atoms with Crippen LogP contribution in [0.15, 0.2) is 35.3 Å². The van der Waals surface area contributed by atoms with Crippen LogP contribution in [0.5, 0.6) is 0 Å². The third-order valence-corrected chi connectivity index (χ3v) is 5.45. The van der Waals surface area contributed by atoms with E-state index in [1.165, 1.54) is 0 Å². The fourth-order valence-corrected chi connectivity index (χ4v) is 3.42. The third kappa shape index (κ3) is 8.71. The predicted octanol–water partition coefficient (Wildman–Crippen LogP) is 0.872. The van der Waals surface area contributed by atoms with E-state index in [9.17, 15) is 13.2 Å². The zero-order valence-corrected chi connectivity index (χ0v) is 18.1. The summed E-state index contributed by atoms with van der Waals surface area (Å²) >= 11 is 0. The van der Waals surface area contributed by atoms with Crippen LogP contribution in [0.1, 0.15) is 26.3 Å². The van der Waals surface area contributed by atoms with Crippen LogP contribution >= 0.6 is 0 Å². The lowest BCUT2D eigenvalue weighted by Crippen LogP contribution is -2.45. The van der Waals surface area contributed by atoms with Crippen LogP contribution in [-0.2, 0) is 21.4 Å². The van der Waals surface area contributed by atoms with Crippen molar-refractivity contribution in [1.29, 1.82) is 0 Å². The van der Waals surface area contributed by atoms with E-state index < -0.39 is 10.0 Å². The number of guanidine groups is 1. The summed E-state index contributed by atoms with van der Waals surface area (Å²) in [5.41, 5.74) is 0.901. The van der Waals surface area contributed by atoms with Crippen molar-refractivity contribution in [1.82, 2.24) is 19.8 Å². The molecule has 0 radical (unpaired) electrons. The van der Waals surface area contributed by atoms with Crippen molar-refractivity contribution in [2.24, 2.45) is 4.99 Å². The van der Waals surface area contributed by atoms with Crippen molar-refractivity contribution in [3.05, 3.63) is 35.9 Å². The van der Waals surface area contributed by atoms with Gasteiger partial charge in [-0.05, 0) is 26.3 Å². The topological polar surface area (TPSA) is 94.1 Å². The van der Waals surface area contributed by atoms with Crippen molar-refractivity contribution >= 4 is 21.9 Å². The van der Waals surface area contributed by atoms with E-state index in [0.717, 1.165) is 5.56 Å². The molecular formula is C19H33N5O3S. The van der Waals surface area contributed by atoms with Gasteiger partial charge >= 0.3 is 0 Å². The molecule has 1 rings (SSSR count). The number of hydrogen-bond donors (Lipinski definition) is 2. The van der Waals surface area contributed by atoms with Crippen molar-refractivity contribution < 1.29 is 13.2 Å². The second kappa shape index (κ2) is 12.4. The maximum absolute atomic E-state index is 12.3. The highest BCUT2D eigenvalue weighted by Gasteiger charge is 2.15. The molecule has 9 heteroatoms. The fraction of sp³-hybridized carbons (Fsp3) is 0.579. The Morgan fingerprint density at radius 1 is 1.11 bits per heavy atom. The second-order valence-electron chi connectivity index (χ2n) is 6.28. The molecule has 1 amide bonds. The van der Waals surface area contributed by atoms with Crippen LogP contribution in [0.25, 0.3) is 0 Å². The van der Waals surface area contributed by atoms with Gasteiger partial charge in [-0.2, -0.15) is 0 Å². The molecule has 0 bridgehead atoms. The average molecular weight is 412 g/mol. The molecule has 158 valence electrons. The second-order valence-corrected chi connectivity index (χ2v) is 8.21. The maximum atomic E-state index is 12.3. The van der Waals surface area contributed by atoms with Crippen LogP contribution in [0.2, 0.25) is 0 Å². The van der Waals surface area contributed by atoms with E-state index in [4.69, 9.17) is 0 Å².